The van der Waals surface area contributed by atoms with Crippen LogP contribution in [-0.4, -0.2) is 12.5 Å². The summed E-state index contributed by atoms with van der Waals surface area (Å²) in [5.41, 5.74) is 0. The van der Waals surface area contributed by atoms with Crippen LogP contribution >= 0.6 is 0 Å². The molecule has 0 aromatic carbocycles. The smallest absolute Gasteiger partial charge is 0.223 e. The number of hydrogen-bond acceptors (Lipinski definition) is 1. The molecule has 1 saturated heterocycles. The largest absolute Gasteiger partial charge is 0.356 e. The van der Waals surface area contributed by atoms with Crippen molar-refractivity contribution < 1.29 is 4.79 Å². The number of rotatable bonds is 10. The molecule has 0 aliphatic carbocycles. The predicted molar refractivity (Wildman–Crippen MR) is 95.7 cm³/mol. The molecule has 22 heavy (non-hydrogen) atoms. The second kappa shape index (κ2) is 9.57. The highest BCUT2D eigenvalue weighted by Crippen LogP contribution is 2.35. The standard InChI is InChI=1S/C20H39NO/c1-7-9-10-14(3)15(4)11-12-16(5)17(6)19-13-21-20(22)18(19)8-2/h14-19H,7-13H2,1-6H3,(H,21,22). The highest BCUT2D eigenvalue weighted by molar-refractivity contribution is 5.81. The van der Waals surface area contributed by atoms with E-state index in [4.69, 9.17) is 0 Å². The van der Waals surface area contributed by atoms with Gasteiger partial charge >= 0.3 is 0 Å². The molecule has 0 aromatic heterocycles. The number of hydrogen-bond donors (Lipinski definition) is 1. The van der Waals surface area contributed by atoms with Gasteiger partial charge in [0.1, 0.15) is 0 Å². The van der Waals surface area contributed by atoms with E-state index in [-0.39, 0.29) is 11.8 Å². The topological polar surface area (TPSA) is 29.1 Å². The van der Waals surface area contributed by atoms with E-state index in [1.54, 1.807) is 0 Å². The third-order valence-corrected chi connectivity index (χ3v) is 6.44. The maximum atomic E-state index is 11.9. The van der Waals surface area contributed by atoms with Crippen LogP contribution in [-0.2, 0) is 4.79 Å². The second-order valence-corrected chi connectivity index (χ2v) is 7.93. The van der Waals surface area contributed by atoms with Crippen LogP contribution in [0.25, 0.3) is 0 Å². The Labute approximate surface area is 138 Å². The molecule has 2 heteroatoms. The van der Waals surface area contributed by atoms with Gasteiger partial charge in [-0.2, -0.15) is 0 Å². The Morgan fingerprint density at radius 2 is 1.59 bits per heavy atom. The van der Waals surface area contributed by atoms with Gasteiger partial charge in [-0.25, -0.2) is 0 Å². The van der Waals surface area contributed by atoms with Crippen molar-refractivity contribution in [2.75, 3.05) is 6.54 Å². The Kier molecular flexibility index (Phi) is 8.49. The van der Waals surface area contributed by atoms with Gasteiger partial charge in [-0.15, -0.1) is 0 Å². The lowest BCUT2D eigenvalue weighted by molar-refractivity contribution is -0.123. The summed E-state index contributed by atoms with van der Waals surface area (Å²) in [5.74, 6) is 4.11. The molecule has 1 aliphatic heterocycles. The fraction of sp³-hybridized carbons (Fsp3) is 0.950. The first-order valence-electron chi connectivity index (χ1n) is 9.69. The Hall–Kier alpha value is -0.530. The molecule has 1 heterocycles. The summed E-state index contributed by atoms with van der Waals surface area (Å²) < 4.78 is 0. The van der Waals surface area contributed by atoms with Gasteiger partial charge in [0.05, 0.1) is 0 Å². The van der Waals surface area contributed by atoms with Gasteiger partial charge in [0.2, 0.25) is 5.91 Å². The summed E-state index contributed by atoms with van der Waals surface area (Å²) in [6.07, 6.45) is 7.68. The molecule has 0 saturated carbocycles. The predicted octanol–water partition coefficient (Wildman–Crippen LogP) is 5.27. The van der Waals surface area contributed by atoms with Gasteiger partial charge in [0.15, 0.2) is 0 Å². The molecular formula is C20H39NO. The van der Waals surface area contributed by atoms with Crippen molar-refractivity contribution in [2.45, 2.75) is 80.1 Å². The maximum absolute atomic E-state index is 11.9. The molecular weight excluding hydrogens is 270 g/mol. The van der Waals surface area contributed by atoms with Crippen LogP contribution in [0.5, 0.6) is 0 Å². The third-order valence-electron chi connectivity index (χ3n) is 6.44. The lowest BCUT2D eigenvalue weighted by Gasteiger charge is -2.30. The molecule has 1 fully saturated rings. The lowest BCUT2D eigenvalue weighted by Crippen LogP contribution is -2.26. The van der Waals surface area contributed by atoms with Crippen molar-refractivity contribution in [3.05, 3.63) is 0 Å². The zero-order valence-electron chi connectivity index (χ0n) is 15.8. The molecule has 2 nitrogen and oxygen atoms in total. The molecule has 1 aliphatic rings. The van der Waals surface area contributed by atoms with Crippen molar-refractivity contribution in [2.24, 2.45) is 35.5 Å². The first kappa shape index (κ1) is 19.5. The maximum Gasteiger partial charge on any atom is 0.223 e. The molecule has 0 bridgehead atoms. The molecule has 0 spiro atoms. The number of carbonyl (C=O) groups is 1. The van der Waals surface area contributed by atoms with E-state index in [1.165, 1.54) is 32.1 Å². The average Bonchev–Trinajstić information content (AvgIpc) is 2.89. The highest BCUT2D eigenvalue weighted by atomic mass is 16.2. The van der Waals surface area contributed by atoms with Crippen molar-refractivity contribution in [3.8, 4) is 0 Å². The Morgan fingerprint density at radius 1 is 1.00 bits per heavy atom. The van der Waals surface area contributed by atoms with Crippen molar-refractivity contribution in [1.82, 2.24) is 5.32 Å². The second-order valence-electron chi connectivity index (χ2n) is 7.93. The Morgan fingerprint density at radius 3 is 2.18 bits per heavy atom. The van der Waals surface area contributed by atoms with E-state index < -0.39 is 0 Å². The van der Waals surface area contributed by atoms with Crippen LogP contribution in [0, 0.1) is 35.5 Å². The molecule has 6 atom stereocenters. The number of amides is 1. The third kappa shape index (κ3) is 5.28. The quantitative estimate of drug-likeness (QED) is 0.585. The van der Waals surface area contributed by atoms with E-state index in [1.807, 2.05) is 0 Å². The van der Waals surface area contributed by atoms with Gasteiger partial charge in [-0.1, -0.05) is 73.6 Å². The van der Waals surface area contributed by atoms with E-state index in [0.29, 0.717) is 17.8 Å². The fourth-order valence-electron chi connectivity index (χ4n) is 4.03. The van der Waals surface area contributed by atoms with Crippen molar-refractivity contribution >= 4 is 5.91 Å². The molecule has 6 unspecified atom stereocenters. The number of carbonyl (C=O) groups excluding carboxylic acids is 1. The minimum atomic E-state index is 0.248. The lowest BCUT2D eigenvalue weighted by atomic mass is 9.74. The van der Waals surface area contributed by atoms with Crippen molar-refractivity contribution in [1.29, 1.82) is 0 Å². The molecule has 1 amide bonds. The number of unbranched alkanes of at least 4 members (excludes halogenated alkanes) is 1. The summed E-state index contributed by atoms with van der Waals surface area (Å²) in [7, 11) is 0. The summed E-state index contributed by atoms with van der Waals surface area (Å²) in [5, 5.41) is 3.07. The van der Waals surface area contributed by atoms with Gasteiger partial charge in [0, 0.05) is 12.5 Å². The van der Waals surface area contributed by atoms with Gasteiger partial charge in [-0.05, 0) is 36.0 Å². The average molecular weight is 310 g/mol. The summed E-state index contributed by atoms with van der Waals surface area (Å²) in [6, 6.07) is 0. The monoisotopic (exact) mass is 309 g/mol. The minimum Gasteiger partial charge on any atom is -0.356 e. The van der Waals surface area contributed by atoms with Crippen LogP contribution in [0.1, 0.15) is 80.1 Å². The zero-order valence-corrected chi connectivity index (χ0v) is 15.8. The van der Waals surface area contributed by atoms with Crippen LogP contribution in [0.2, 0.25) is 0 Å². The van der Waals surface area contributed by atoms with E-state index >= 15 is 0 Å². The van der Waals surface area contributed by atoms with Crippen LogP contribution in [0.15, 0.2) is 0 Å². The molecule has 1 N–H and O–H groups in total. The Bertz CT molecular complexity index is 328. The molecule has 130 valence electrons. The van der Waals surface area contributed by atoms with E-state index in [9.17, 15) is 4.79 Å². The first-order valence-corrected chi connectivity index (χ1v) is 9.69. The van der Waals surface area contributed by atoms with Crippen molar-refractivity contribution in [3.63, 3.8) is 0 Å². The number of nitrogens with one attached hydrogen (secondary N) is 1. The van der Waals surface area contributed by atoms with Crippen LogP contribution in [0.4, 0.5) is 0 Å². The molecule has 0 aromatic rings. The zero-order chi connectivity index (χ0) is 16.7. The van der Waals surface area contributed by atoms with E-state index in [2.05, 4.69) is 46.9 Å². The van der Waals surface area contributed by atoms with Gasteiger partial charge in [-0.3, -0.25) is 4.79 Å². The minimum absolute atomic E-state index is 0.248. The van der Waals surface area contributed by atoms with E-state index in [0.717, 1.165) is 24.8 Å². The fourth-order valence-corrected chi connectivity index (χ4v) is 4.03. The Balaban J connectivity index is 2.41. The van der Waals surface area contributed by atoms with Gasteiger partial charge < -0.3 is 5.32 Å². The summed E-state index contributed by atoms with van der Waals surface area (Å²) in [4.78, 5) is 11.9. The first-order chi connectivity index (χ1) is 10.4. The summed E-state index contributed by atoms with van der Waals surface area (Å²) >= 11 is 0. The van der Waals surface area contributed by atoms with Crippen LogP contribution < -0.4 is 5.32 Å². The molecule has 1 rings (SSSR count). The van der Waals surface area contributed by atoms with Gasteiger partial charge in [0.25, 0.3) is 0 Å². The van der Waals surface area contributed by atoms with Crippen LogP contribution in [0.3, 0.4) is 0 Å². The molecule has 0 radical (unpaired) electrons. The SMILES string of the molecule is CCCCC(C)C(C)CCC(C)C(C)C1CNC(=O)C1CC. The normalized spacial score (nSPS) is 27.3. The highest BCUT2D eigenvalue weighted by Gasteiger charge is 2.38. The summed E-state index contributed by atoms with van der Waals surface area (Å²) in [6.45, 7) is 14.9.